The highest BCUT2D eigenvalue weighted by molar-refractivity contribution is 6.09. The average molecular weight is 497 g/mol. The number of hydrogen-bond acceptors (Lipinski definition) is 7. The molecule has 0 aromatic heterocycles. The van der Waals surface area contributed by atoms with Crippen molar-refractivity contribution in [3.63, 3.8) is 0 Å². The lowest BCUT2D eigenvalue weighted by Gasteiger charge is -2.49. The molecule has 4 rings (SSSR count). The summed E-state index contributed by atoms with van der Waals surface area (Å²) in [5.41, 5.74) is 0.224. The summed E-state index contributed by atoms with van der Waals surface area (Å²) in [7, 11) is 0. The Hall–Kier alpha value is -4.41. The lowest BCUT2D eigenvalue weighted by molar-refractivity contribution is -0.160. The molecule has 0 bridgehead atoms. The van der Waals surface area contributed by atoms with Crippen LogP contribution in [0.5, 0.6) is 0 Å². The van der Waals surface area contributed by atoms with Gasteiger partial charge in [-0.2, -0.15) is 0 Å². The van der Waals surface area contributed by atoms with Gasteiger partial charge in [-0.25, -0.2) is 14.0 Å². The molecule has 3 amide bonds. The van der Waals surface area contributed by atoms with Gasteiger partial charge in [-0.1, -0.05) is 37.4 Å². The van der Waals surface area contributed by atoms with Crippen molar-refractivity contribution in [1.29, 1.82) is 0 Å². The third-order valence-electron chi connectivity index (χ3n) is 5.81. The normalized spacial score (nSPS) is 22.0. The van der Waals surface area contributed by atoms with E-state index >= 15 is 0 Å². The van der Waals surface area contributed by atoms with Crippen molar-refractivity contribution >= 4 is 29.6 Å². The van der Waals surface area contributed by atoms with Crippen molar-refractivity contribution in [3.05, 3.63) is 78.5 Å². The fourth-order valence-corrected chi connectivity index (χ4v) is 4.13. The van der Waals surface area contributed by atoms with Crippen molar-refractivity contribution in [3.8, 4) is 0 Å². The molecule has 2 fully saturated rings. The smallest absolute Gasteiger partial charge is 0.408 e. The van der Waals surface area contributed by atoms with Crippen molar-refractivity contribution in [2.75, 3.05) is 31.3 Å². The molecule has 0 unspecified atom stereocenters. The van der Waals surface area contributed by atoms with Crippen LogP contribution >= 0.6 is 0 Å². The van der Waals surface area contributed by atoms with E-state index in [1.54, 1.807) is 6.07 Å². The number of para-hydroxylation sites is 1. The van der Waals surface area contributed by atoms with Crippen LogP contribution in [0.25, 0.3) is 0 Å². The first kappa shape index (κ1) is 24.7. The molecule has 1 aromatic rings. The third kappa shape index (κ3) is 4.59. The molecule has 2 atom stereocenters. The van der Waals surface area contributed by atoms with Crippen molar-refractivity contribution < 1.29 is 37.8 Å². The van der Waals surface area contributed by atoms with Gasteiger partial charge in [0.1, 0.15) is 37.7 Å². The second-order valence-corrected chi connectivity index (χ2v) is 8.02. The largest absolute Gasteiger partial charge is 0.489 e. The van der Waals surface area contributed by atoms with E-state index < -0.39 is 41.8 Å². The minimum Gasteiger partial charge on any atom is -0.489 e. The molecule has 2 saturated heterocycles. The van der Waals surface area contributed by atoms with Crippen molar-refractivity contribution in [2.24, 2.45) is 0 Å². The minimum atomic E-state index is -0.969. The fourth-order valence-electron chi connectivity index (χ4n) is 4.13. The monoisotopic (exact) mass is 497 g/mol. The molecular weight excluding hydrogens is 473 g/mol. The summed E-state index contributed by atoms with van der Waals surface area (Å²) in [6.07, 6.45) is 3.57. The van der Waals surface area contributed by atoms with Crippen LogP contribution in [0.1, 0.15) is 6.42 Å². The number of carbonyl (C=O) groups is 4. The van der Waals surface area contributed by atoms with E-state index in [0.29, 0.717) is 0 Å². The van der Waals surface area contributed by atoms with E-state index in [0.717, 1.165) is 0 Å². The number of β-lactam (4-membered cyclic amide) rings is 1. The summed E-state index contributed by atoms with van der Waals surface area (Å²) < 4.78 is 30.0. The Balaban J connectivity index is 1.60. The number of alkyl carbamates (subject to hydrolysis) is 1. The second kappa shape index (κ2) is 10.5. The Morgan fingerprint density at radius 3 is 2.61 bits per heavy atom. The number of esters is 1. The third-order valence-corrected chi connectivity index (χ3v) is 5.81. The van der Waals surface area contributed by atoms with E-state index in [9.17, 15) is 23.6 Å². The van der Waals surface area contributed by atoms with E-state index in [-0.39, 0.29) is 55.5 Å². The summed E-state index contributed by atoms with van der Waals surface area (Å²) in [6.45, 7) is 6.97. The van der Waals surface area contributed by atoms with Gasteiger partial charge in [0.2, 0.25) is 0 Å². The number of anilines is 1. The number of rotatable bonds is 8. The number of hydrogen-bond donors (Lipinski definition) is 1. The van der Waals surface area contributed by atoms with Gasteiger partial charge in [-0.05, 0) is 24.6 Å². The molecule has 0 radical (unpaired) electrons. The SMILES string of the molecule is C=CCOC(=O)N[C@@H]1C(=O)N2C(C(=O)OCC=C)=C(C=C3CCN(c4ccccc4F)C3=O)OC[C@H]12. The lowest BCUT2D eigenvalue weighted by Crippen LogP contribution is -2.73. The first-order valence-electron chi connectivity index (χ1n) is 11.2. The number of benzene rings is 1. The second-order valence-electron chi connectivity index (χ2n) is 8.02. The lowest BCUT2D eigenvalue weighted by atomic mass is 9.92. The maximum Gasteiger partial charge on any atom is 0.408 e. The number of halogens is 1. The number of ether oxygens (including phenoxy) is 3. The zero-order valence-electron chi connectivity index (χ0n) is 19.3. The molecule has 0 saturated carbocycles. The van der Waals surface area contributed by atoms with Gasteiger partial charge in [0.25, 0.3) is 11.8 Å². The van der Waals surface area contributed by atoms with Crippen molar-refractivity contribution in [2.45, 2.75) is 18.5 Å². The van der Waals surface area contributed by atoms with E-state index in [1.165, 1.54) is 46.2 Å². The molecule has 11 heteroatoms. The first-order valence-corrected chi connectivity index (χ1v) is 11.2. The van der Waals surface area contributed by atoms with Crippen LogP contribution in [0, 0.1) is 5.82 Å². The van der Waals surface area contributed by atoms with Crippen LogP contribution in [-0.2, 0) is 28.6 Å². The van der Waals surface area contributed by atoms with Crippen LogP contribution in [0.4, 0.5) is 14.9 Å². The predicted molar refractivity (Wildman–Crippen MR) is 125 cm³/mol. The number of allylic oxidation sites excluding steroid dienone is 1. The fraction of sp³-hybridized carbons (Fsp3) is 0.280. The number of carbonyl (C=O) groups excluding carboxylic acids is 4. The summed E-state index contributed by atoms with van der Waals surface area (Å²) >= 11 is 0. The Morgan fingerprint density at radius 1 is 1.17 bits per heavy atom. The Bertz CT molecular complexity index is 1190. The molecule has 0 aliphatic carbocycles. The number of nitrogens with zero attached hydrogens (tertiary/aromatic N) is 2. The molecule has 36 heavy (non-hydrogen) atoms. The summed E-state index contributed by atoms with van der Waals surface area (Å²) in [5.74, 6) is -2.43. The topological polar surface area (TPSA) is 114 Å². The van der Waals surface area contributed by atoms with Gasteiger partial charge in [0.15, 0.2) is 11.5 Å². The Labute approximate surface area is 206 Å². The zero-order valence-corrected chi connectivity index (χ0v) is 19.3. The zero-order chi connectivity index (χ0) is 25.8. The van der Waals surface area contributed by atoms with Crippen LogP contribution < -0.4 is 10.2 Å². The highest BCUT2D eigenvalue weighted by Crippen LogP contribution is 2.35. The molecule has 3 heterocycles. The molecule has 3 aliphatic rings. The molecular formula is C25H24FN3O7. The van der Waals surface area contributed by atoms with Crippen LogP contribution in [0.2, 0.25) is 0 Å². The van der Waals surface area contributed by atoms with Gasteiger partial charge < -0.3 is 24.4 Å². The van der Waals surface area contributed by atoms with E-state index in [4.69, 9.17) is 14.2 Å². The Morgan fingerprint density at radius 2 is 1.89 bits per heavy atom. The minimum absolute atomic E-state index is 0.0277. The van der Waals surface area contributed by atoms with Gasteiger partial charge in [0, 0.05) is 12.1 Å². The first-order chi connectivity index (χ1) is 17.4. The molecule has 3 aliphatic heterocycles. The summed E-state index contributed by atoms with van der Waals surface area (Å²) in [4.78, 5) is 53.1. The van der Waals surface area contributed by atoms with Crippen LogP contribution in [-0.4, -0.2) is 67.2 Å². The van der Waals surface area contributed by atoms with Gasteiger partial charge in [-0.15, -0.1) is 0 Å². The highest BCUT2D eigenvalue weighted by atomic mass is 19.1. The van der Waals surface area contributed by atoms with E-state index in [1.807, 2.05) is 0 Å². The van der Waals surface area contributed by atoms with Gasteiger partial charge in [0.05, 0.1) is 5.69 Å². The van der Waals surface area contributed by atoms with Gasteiger partial charge in [-0.3, -0.25) is 14.5 Å². The van der Waals surface area contributed by atoms with E-state index in [2.05, 4.69) is 18.5 Å². The highest BCUT2D eigenvalue weighted by Gasteiger charge is 2.55. The molecule has 0 spiro atoms. The number of amides is 3. The quantitative estimate of drug-likeness (QED) is 0.253. The van der Waals surface area contributed by atoms with Gasteiger partial charge >= 0.3 is 12.1 Å². The maximum atomic E-state index is 14.2. The summed E-state index contributed by atoms with van der Waals surface area (Å²) in [5, 5.41) is 2.44. The molecule has 10 nitrogen and oxygen atoms in total. The summed E-state index contributed by atoms with van der Waals surface area (Å²) in [6, 6.07) is 4.26. The number of fused-ring (bicyclic) bond motifs is 1. The standard InChI is InChI=1S/C25H24FN3O7/c1-3-11-34-24(32)21-19(13-15-9-10-28(22(15)30)17-8-6-5-7-16(17)26)36-14-18-20(23(31)29(18)21)27-25(33)35-12-4-2/h3-8,13,18,20H,1-2,9-12,14H2,(H,27,33)/t18-,20+/m1/s1. The number of nitrogens with one attached hydrogen (secondary N) is 1. The average Bonchev–Trinajstić information content (AvgIpc) is 3.23. The van der Waals surface area contributed by atoms with Crippen LogP contribution in [0.15, 0.2) is 72.7 Å². The molecule has 1 N–H and O–H groups in total. The Kier molecular flexibility index (Phi) is 7.18. The van der Waals surface area contributed by atoms with Crippen molar-refractivity contribution in [1.82, 2.24) is 10.2 Å². The maximum absolute atomic E-state index is 14.2. The molecule has 188 valence electrons. The molecule has 1 aromatic carbocycles. The van der Waals surface area contributed by atoms with Crippen LogP contribution in [0.3, 0.4) is 0 Å². The predicted octanol–water partition coefficient (Wildman–Crippen LogP) is 1.95.